The molecule has 2 rings (SSSR count). The van der Waals surface area contributed by atoms with E-state index in [4.69, 9.17) is 27.9 Å². The van der Waals surface area contributed by atoms with Gasteiger partial charge >= 0.3 is 0 Å². The molecule has 0 aliphatic carbocycles. The van der Waals surface area contributed by atoms with Crippen LogP contribution in [0.25, 0.3) is 0 Å². The van der Waals surface area contributed by atoms with Crippen molar-refractivity contribution < 1.29 is 19.5 Å². The van der Waals surface area contributed by atoms with Gasteiger partial charge in [-0.1, -0.05) is 23.2 Å². The first kappa shape index (κ1) is 18.2. The molecule has 1 amide bonds. The normalized spacial score (nSPS) is 10.2. The first-order valence-corrected chi connectivity index (χ1v) is 8.11. The van der Waals surface area contributed by atoms with Crippen molar-refractivity contribution in [3.05, 3.63) is 49.4 Å². The van der Waals surface area contributed by atoms with Crippen molar-refractivity contribution in [2.45, 2.75) is 6.42 Å². The van der Waals surface area contributed by atoms with Crippen molar-refractivity contribution >= 4 is 45.6 Å². The highest BCUT2D eigenvalue weighted by Crippen LogP contribution is 2.27. The zero-order chi connectivity index (χ0) is 17.5. The van der Waals surface area contributed by atoms with Crippen molar-refractivity contribution in [2.24, 2.45) is 0 Å². The molecule has 0 atom stereocenters. The summed E-state index contributed by atoms with van der Waals surface area (Å²) in [5, 5.41) is 12.9. The number of hydrogen-bond acceptors (Lipinski definition) is 7. The zero-order valence-electron chi connectivity index (χ0n) is 12.0. The molecule has 128 valence electrons. The third kappa shape index (κ3) is 5.84. The van der Waals surface area contributed by atoms with Crippen LogP contribution in [0.2, 0.25) is 10.0 Å². The minimum atomic E-state index is -0.858. The molecule has 1 N–H and O–H groups in total. The number of hydrogen-bond donors (Lipinski definition) is 1. The van der Waals surface area contributed by atoms with Gasteiger partial charge in [0.05, 0.1) is 5.02 Å². The Hall–Kier alpha value is -2.10. The molecule has 0 aliphatic rings. The number of carbonyl (C=O) groups is 1. The van der Waals surface area contributed by atoms with Gasteiger partial charge in [-0.05, 0) is 18.2 Å². The number of nitrogens with one attached hydrogen (secondary N) is 1. The lowest BCUT2D eigenvalue weighted by molar-refractivity contribution is -0.757. The lowest BCUT2D eigenvalue weighted by Crippen LogP contribution is -2.20. The number of halogens is 2. The summed E-state index contributed by atoms with van der Waals surface area (Å²) in [6, 6.07) is 4.67. The SMILES string of the molecule is O=C(COc1ccc(Cl)cc1Cl)Nc1ncc(CCO[N+](=O)[O-])s1. The van der Waals surface area contributed by atoms with Gasteiger partial charge in [0.25, 0.3) is 11.0 Å². The van der Waals surface area contributed by atoms with Gasteiger partial charge in [-0.25, -0.2) is 4.98 Å². The molecule has 11 heteroatoms. The zero-order valence-corrected chi connectivity index (χ0v) is 14.4. The van der Waals surface area contributed by atoms with E-state index in [0.717, 1.165) is 4.88 Å². The number of nitrogens with zero attached hydrogens (tertiary/aromatic N) is 2. The van der Waals surface area contributed by atoms with E-state index in [9.17, 15) is 14.9 Å². The average Bonchev–Trinajstić information content (AvgIpc) is 2.93. The molecule has 24 heavy (non-hydrogen) atoms. The van der Waals surface area contributed by atoms with E-state index in [2.05, 4.69) is 15.1 Å². The van der Waals surface area contributed by atoms with Crippen LogP contribution in [-0.4, -0.2) is 29.2 Å². The van der Waals surface area contributed by atoms with Crippen molar-refractivity contribution in [3.8, 4) is 5.75 Å². The maximum atomic E-state index is 11.8. The van der Waals surface area contributed by atoms with Gasteiger partial charge in [0.2, 0.25) is 0 Å². The Labute approximate surface area is 150 Å². The highest BCUT2D eigenvalue weighted by Gasteiger charge is 2.10. The molecule has 0 radical (unpaired) electrons. The number of benzene rings is 1. The van der Waals surface area contributed by atoms with E-state index in [1.807, 2.05) is 0 Å². The minimum absolute atomic E-state index is 0.0687. The Bertz CT molecular complexity index is 740. The molecular weight excluding hydrogens is 381 g/mol. The number of aromatic nitrogens is 1. The van der Waals surface area contributed by atoms with E-state index in [1.54, 1.807) is 12.1 Å². The van der Waals surface area contributed by atoms with Gasteiger partial charge in [0, 0.05) is 22.5 Å². The second kappa shape index (κ2) is 8.67. The van der Waals surface area contributed by atoms with Crippen LogP contribution < -0.4 is 10.1 Å². The quantitative estimate of drug-likeness (QED) is 0.547. The van der Waals surface area contributed by atoms with Gasteiger partial charge in [0.1, 0.15) is 12.4 Å². The van der Waals surface area contributed by atoms with E-state index in [1.165, 1.54) is 23.6 Å². The second-order valence-electron chi connectivity index (χ2n) is 4.35. The van der Waals surface area contributed by atoms with E-state index < -0.39 is 11.0 Å². The molecule has 8 nitrogen and oxygen atoms in total. The summed E-state index contributed by atoms with van der Waals surface area (Å²) in [5.41, 5.74) is 0. The monoisotopic (exact) mass is 391 g/mol. The van der Waals surface area contributed by atoms with Crippen molar-refractivity contribution in [3.63, 3.8) is 0 Å². The molecule has 1 heterocycles. The topological polar surface area (TPSA) is 104 Å². The lowest BCUT2D eigenvalue weighted by Gasteiger charge is -2.07. The fraction of sp³-hybridized carbons (Fsp3) is 0.231. The third-order valence-corrected chi connectivity index (χ3v) is 4.10. The Morgan fingerprint density at radius 2 is 2.21 bits per heavy atom. The van der Waals surface area contributed by atoms with E-state index in [-0.39, 0.29) is 13.2 Å². The average molecular weight is 392 g/mol. The smallest absolute Gasteiger partial charge is 0.294 e. The number of ether oxygens (including phenoxy) is 1. The van der Waals surface area contributed by atoms with Gasteiger partial charge in [-0.2, -0.15) is 0 Å². The van der Waals surface area contributed by atoms with Crippen LogP contribution in [0.3, 0.4) is 0 Å². The summed E-state index contributed by atoms with van der Waals surface area (Å²) in [6.07, 6.45) is 1.84. The van der Waals surface area contributed by atoms with Crippen LogP contribution >= 0.6 is 34.5 Å². The number of carbonyl (C=O) groups excluding carboxylic acids is 1. The molecule has 1 aromatic heterocycles. The Morgan fingerprint density at radius 3 is 2.92 bits per heavy atom. The summed E-state index contributed by atoms with van der Waals surface area (Å²) >= 11 is 12.9. The van der Waals surface area contributed by atoms with Gasteiger partial charge in [-0.3, -0.25) is 10.1 Å². The molecular formula is C13H11Cl2N3O5S. The molecule has 0 unspecified atom stereocenters. The summed E-state index contributed by atoms with van der Waals surface area (Å²) in [4.78, 5) is 30.8. The van der Waals surface area contributed by atoms with Crippen LogP contribution in [0.5, 0.6) is 5.75 Å². The molecule has 0 fully saturated rings. The van der Waals surface area contributed by atoms with Crippen LogP contribution in [0.1, 0.15) is 4.88 Å². The molecule has 0 spiro atoms. The largest absolute Gasteiger partial charge is 0.482 e. The Kier molecular flexibility index (Phi) is 6.59. The predicted molar refractivity (Wildman–Crippen MR) is 89.4 cm³/mol. The number of rotatable bonds is 8. The lowest BCUT2D eigenvalue weighted by atomic mass is 10.3. The predicted octanol–water partition coefficient (Wildman–Crippen LogP) is 3.22. The minimum Gasteiger partial charge on any atom is -0.482 e. The fourth-order valence-electron chi connectivity index (χ4n) is 1.59. The molecule has 0 saturated heterocycles. The standard InChI is InChI=1S/C13H11Cl2N3O5S/c14-8-1-2-11(10(15)5-8)22-7-12(19)17-13-16-6-9(24-13)3-4-23-18(20)21/h1-2,5-6H,3-4,7H2,(H,16,17,19). The summed E-state index contributed by atoms with van der Waals surface area (Å²) in [7, 11) is 0. The van der Waals surface area contributed by atoms with Crippen molar-refractivity contribution in [1.82, 2.24) is 4.98 Å². The number of anilines is 1. The second-order valence-corrected chi connectivity index (χ2v) is 6.31. The third-order valence-electron chi connectivity index (χ3n) is 2.60. The highest BCUT2D eigenvalue weighted by molar-refractivity contribution is 7.15. The summed E-state index contributed by atoms with van der Waals surface area (Å²) in [6.45, 7) is -0.318. The van der Waals surface area contributed by atoms with Gasteiger partial charge in [-0.15, -0.1) is 21.5 Å². The number of thiazole rings is 1. The van der Waals surface area contributed by atoms with Gasteiger partial charge in [0.15, 0.2) is 11.7 Å². The fourth-order valence-corrected chi connectivity index (χ4v) is 2.87. The number of amides is 1. The van der Waals surface area contributed by atoms with Gasteiger partial charge < -0.3 is 9.57 Å². The highest BCUT2D eigenvalue weighted by atomic mass is 35.5. The first-order chi connectivity index (χ1) is 11.4. The molecule has 0 bridgehead atoms. The molecule has 2 aromatic rings. The molecule has 0 saturated carbocycles. The Balaban J connectivity index is 1.80. The van der Waals surface area contributed by atoms with E-state index >= 15 is 0 Å². The van der Waals surface area contributed by atoms with Crippen LogP contribution in [0, 0.1) is 10.1 Å². The van der Waals surface area contributed by atoms with Crippen LogP contribution in [-0.2, 0) is 16.1 Å². The van der Waals surface area contributed by atoms with Crippen molar-refractivity contribution in [2.75, 3.05) is 18.5 Å². The van der Waals surface area contributed by atoms with Crippen molar-refractivity contribution in [1.29, 1.82) is 0 Å². The summed E-state index contributed by atoms with van der Waals surface area (Å²) < 4.78 is 5.30. The maximum absolute atomic E-state index is 11.8. The maximum Gasteiger partial charge on any atom is 0.294 e. The van der Waals surface area contributed by atoms with E-state index in [0.29, 0.717) is 27.3 Å². The van der Waals surface area contributed by atoms with Crippen LogP contribution in [0.15, 0.2) is 24.4 Å². The molecule has 0 aliphatic heterocycles. The Morgan fingerprint density at radius 1 is 1.42 bits per heavy atom. The molecule has 1 aromatic carbocycles. The summed E-state index contributed by atoms with van der Waals surface area (Å²) in [5.74, 6) is -0.0727. The first-order valence-electron chi connectivity index (χ1n) is 6.54. The van der Waals surface area contributed by atoms with Crippen LogP contribution in [0.4, 0.5) is 5.13 Å².